The van der Waals surface area contributed by atoms with Crippen LogP contribution in [0, 0.1) is 0 Å². The molecule has 5 atom stereocenters. The minimum atomic E-state index is -1.50. The highest BCUT2D eigenvalue weighted by Gasteiger charge is 2.50. The van der Waals surface area contributed by atoms with Crippen LogP contribution >= 0.6 is 0 Å². The van der Waals surface area contributed by atoms with Crippen molar-refractivity contribution < 1.29 is 25.5 Å². The van der Waals surface area contributed by atoms with Crippen LogP contribution in [-0.4, -0.2) is 73.7 Å². The molecule has 6 nitrogen and oxygen atoms in total. The number of piperidine rings is 1. The van der Waals surface area contributed by atoms with E-state index in [1.54, 1.807) is 4.90 Å². The highest BCUT2D eigenvalue weighted by molar-refractivity contribution is 5.03. The summed E-state index contributed by atoms with van der Waals surface area (Å²) < 4.78 is 0. The minimum Gasteiger partial charge on any atom is -0.391 e. The van der Waals surface area contributed by atoms with Gasteiger partial charge in [0.1, 0.15) is 0 Å². The number of fused-ring (bicyclic) bond motifs is 1. The van der Waals surface area contributed by atoms with Crippen molar-refractivity contribution in [3.05, 3.63) is 0 Å². The number of nitrogens with zero attached hydrogens (tertiary/aromatic N) is 1. The molecule has 0 spiro atoms. The molecule has 0 radical (unpaired) electrons. The molecule has 2 rings (SSSR count). The second kappa shape index (κ2) is 3.97. The maximum Gasteiger partial charge on any atom is 0.167 e. The highest BCUT2D eigenvalue weighted by Crippen LogP contribution is 2.32. The van der Waals surface area contributed by atoms with Crippen LogP contribution in [0.25, 0.3) is 0 Å². The van der Waals surface area contributed by atoms with E-state index in [2.05, 4.69) is 0 Å². The van der Waals surface area contributed by atoms with Gasteiger partial charge in [-0.2, -0.15) is 0 Å². The van der Waals surface area contributed by atoms with Crippen LogP contribution in [0.1, 0.15) is 12.8 Å². The van der Waals surface area contributed by atoms with Crippen LogP contribution in [0.5, 0.6) is 0 Å². The third kappa shape index (κ3) is 1.77. The fraction of sp³-hybridized carbons (Fsp3) is 1.00. The molecule has 5 unspecified atom stereocenters. The summed E-state index contributed by atoms with van der Waals surface area (Å²) in [5, 5.41) is 47.1. The summed E-state index contributed by atoms with van der Waals surface area (Å²) in [6.07, 6.45) is -3.29. The number of rotatable bonds is 1. The summed E-state index contributed by atoms with van der Waals surface area (Å²) in [5.41, 5.74) is 0. The lowest BCUT2D eigenvalue weighted by molar-refractivity contribution is -0.138. The summed E-state index contributed by atoms with van der Waals surface area (Å²) in [6.45, 7) is 0.172. The molecule has 0 bridgehead atoms. The Kier molecular flexibility index (Phi) is 2.98. The molecule has 88 valence electrons. The first kappa shape index (κ1) is 11.3. The van der Waals surface area contributed by atoms with E-state index in [0.29, 0.717) is 12.8 Å². The molecule has 5 N–H and O–H groups in total. The third-order valence-corrected chi connectivity index (χ3v) is 3.45. The molecular formula is C9H17NO5. The normalized spacial score (nSPS) is 47.2. The molecule has 2 aliphatic heterocycles. The summed E-state index contributed by atoms with van der Waals surface area (Å²) in [4.78, 5) is 1.59. The Hall–Kier alpha value is -0.240. The van der Waals surface area contributed by atoms with Gasteiger partial charge in [-0.1, -0.05) is 0 Å². The zero-order chi connectivity index (χ0) is 11.2. The van der Waals surface area contributed by atoms with Gasteiger partial charge in [-0.25, -0.2) is 0 Å². The molecule has 2 aliphatic rings. The maximum absolute atomic E-state index is 9.69. The van der Waals surface area contributed by atoms with Crippen molar-refractivity contribution in [2.45, 2.75) is 49.5 Å². The second-order valence-corrected chi connectivity index (χ2v) is 4.37. The Morgan fingerprint density at radius 1 is 1.00 bits per heavy atom. The van der Waals surface area contributed by atoms with E-state index in [9.17, 15) is 15.3 Å². The average Bonchev–Trinajstić information content (AvgIpc) is 2.44. The first-order valence-electron chi connectivity index (χ1n) is 5.18. The molecule has 2 fully saturated rings. The van der Waals surface area contributed by atoms with E-state index < -0.39 is 36.7 Å². The van der Waals surface area contributed by atoms with Crippen molar-refractivity contribution in [3.8, 4) is 0 Å². The van der Waals surface area contributed by atoms with Gasteiger partial charge in [-0.15, -0.1) is 0 Å². The quantitative estimate of drug-likeness (QED) is 0.306. The van der Waals surface area contributed by atoms with E-state index in [-0.39, 0.29) is 6.54 Å². The topological polar surface area (TPSA) is 104 Å². The van der Waals surface area contributed by atoms with Crippen LogP contribution in [-0.2, 0) is 0 Å². The van der Waals surface area contributed by atoms with Gasteiger partial charge in [0, 0.05) is 6.54 Å². The van der Waals surface area contributed by atoms with Gasteiger partial charge in [-0.3, -0.25) is 4.90 Å². The Bertz CT molecular complexity index is 237. The Labute approximate surface area is 87.4 Å². The lowest BCUT2D eigenvalue weighted by atomic mass is 9.92. The van der Waals surface area contributed by atoms with Crippen molar-refractivity contribution in [3.63, 3.8) is 0 Å². The average molecular weight is 219 g/mol. The van der Waals surface area contributed by atoms with Crippen LogP contribution < -0.4 is 0 Å². The van der Waals surface area contributed by atoms with Crippen molar-refractivity contribution in [1.82, 2.24) is 4.90 Å². The summed E-state index contributed by atoms with van der Waals surface area (Å²) in [6, 6.07) is -1.09. The summed E-state index contributed by atoms with van der Waals surface area (Å²) >= 11 is 0. The van der Waals surface area contributed by atoms with E-state index in [0.717, 1.165) is 0 Å². The van der Waals surface area contributed by atoms with Crippen LogP contribution in [0.2, 0.25) is 0 Å². The molecule has 0 saturated carbocycles. The first-order chi connectivity index (χ1) is 7.02. The molecule has 2 saturated heterocycles. The van der Waals surface area contributed by atoms with Crippen LogP contribution in [0.4, 0.5) is 0 Å². The molecule has 0 aromatic carbocycles. The van der Waals surface area contributed by atoms with Gasteiger partial charge in [0.05, 0.1) is 30.4 Å². The van der Waals surface area contributed by atoms with Gasteiger partial charge < -0.3 is 25.5 Å². The molecule has 0 amide bonds. The van der Waals surface area contributed by atoms with Crippen LogP contribution in [0.15, 0.2) is 0 Å². The fourth-order valence-electron chi connectivity index (χ4n) is 2.67. The van der Waals surface area contributed by atoms with Crippen molar-refractivity contribution in [2.24, 2.45) is 0 Å². The van der Waals surface area contributed by atoms with E-state index >= 15 is 0 Å². The van der Waals surface area contributed by atoms with Crippen LogP contribution in [0.3, 0.4) is 0 Å². The summed E-state index contributed by atoms with van der Waals surface area (Å²) in [7, 11) is 0. The zero-order valence-corrected chi connectivity index (χ0v) is 8.27. The standard InChI is InChI=1S/C9H17NO5/c11-5-2-1-4(9(14)15)10-3-6(12)8(13)7(5)10/h4-9,11-15H,1-3H2. The SMILES string of the molecule is OC(O)C1CCC(O)C2C(O)C(O)CN12. The highest BCUT2D eigenvalue weighted by atomic mass is 16.5. The minimum absolute atomic E-state index is 0.172. The van der Waals surface area contributed by atoms with E-state index in [1.165, 1.54) is 0 Å². The number of aliphatic hydroxyl groups is 5. The lowest BCUT2D eigenvalue weighted by Gasteiger charge is -2.41. The van der Waals surface area contributed by atoms with Crippen molar-refractivity contribution in [2.75, 3.05) is 6.54 Å². The van der Waals surface area contributed by atoms with Gasteiger partial charge in [0.15, 0.2) is 6.29 Å². The smallest absolute Gasteiger partial charge is 0.167 e. The van der Waals surface area contributed by atoms with Gasteiger partial charge in [0.2, 0.25) is 0 Å². The largest absolute Gasteiger partial charge is 0.391 e. The zero-order valence-electron chi connectivity index (χ0n) is 8.27. The van der Waals surface area contributed by atoms with Gasteiger partial charge in [0.25, 0.3) is 0 Å². The fourth-order valence-corrected chi connectivity index (χ4v) is 2.67. The first-order valence-corrected chi connectivity index (χ1v) is 5.18. The molecule has 0 aromatic rings. The molecular weight excluding hydrogens is 202 g/mol. The van der Waals surface area contributed by atoms with Crippen molar-refractivity contribution in [1.29, 1.82) is 0 Å². The Balaban J connectivity index is 2.18. The van der Waals surface area contributed by atoms with Crippen molar-refractivity contribution >= 4 is 0 Å². The monoisotopic (exact) mass is 219 g/mol. The lowest BCUT2D eigenvalue weighted by Crippen LogP contribution is -2.56. The Morgan fingerprint density at radius 3 is 2.27 bits per heavy atom. The number of aliphatic hydroxyl groups excluding tert-OH is 4. The molecule has 0 aliphatic carbocycles. The molecule has 0 aromatic heterocycles. The second-order valence-electron chi connectivity index (χ2n) is 4.37. The van der Waals surface area contributed by atoms with E-state index in [1.807, 2.05) is 0 Å². The maximum atomic E-state index is 9.69. The number of hydrogen-bond donors (Lipinski definition) is 5. The molecule has 2 heterocycles. The third-order valence-electron chi connectivity index (χ3n) is 3.45. The predicted octanol–water partition coefficient (Wildman–Crippen LogP) is -2.77. The molecule has 15 heavy (non-hydrogen) atoms. The van der Waals surface area contributed by atoms with E-state index in [4.69, 9.17) is 10.2 Å². The predicted molar refractivity (Wildman–Crippen MR) is 49.8 cm³/mol. The Morgan fingerprint density at radius 2 is 1.67 bits per heavy atom. The van der Waals surface area contributed by atoms with Gasteiger partial charge >= 0.3 is 0 Å². The number of hydrogen-bond acceptors (Lipinski definition) is 6. The summed E-state index contributed by atoms with van der Waals surface area (Å²) in [5.74, 6) is 0. The van der Waals surface area contributed by atoms with Gasteiger partial charge in [-0.05, 0) is 12.8 Å². The molecule has 6 heteroatoms.